The lowest BCUT2D eigenvalue weighted by Gasteiger charge is -2.10. The van der Waals surface area contributed by atoms with E-state index < -0.39 is 0 Å². The van der Waals surface area contributed by atoms with Crippen molar-refractivity contribution in [1.82, 2.24) is 0 Å². The summed E-state index contributed by atoms with van der Waals surface area (Å²) in [6.45, 7) is 0.734. The summed E-state index contributed by atoms with van der Waals surface area (Å²) in [5, 5.41) is 18.1. The molecule has 0 amide bonds. The largest absolute Gasteiger partial charge is 0.489 e. The van der Waals surface area contributed by atoms with Crippen LogP contribution in [0.25, 0.3) is 0 Å². The zero-order valence-corrected chi connectivity index (χ0v) is 13.5. The molecule has 3 heteroatoms. The molecule has 23 heavy (non-hydrogen) atoms. The highest BCUT2D eigenvalue weighted by atomic mass is 16.5. The van der Waals surface area contributed by atoms with Gasteiger partial charge in [-0.15, -0.1) is 0 Å². The molecule has 0 aliphatic heterocycles. The summed E-state index contributed by atoms with van der Waals surface area (Å²) in [6, 6.07) is 18.4. The second kappa shape index (κ2) is 10.0. The van der Waals surface area contributed by atoms with Crippen molar-refractivity contribution in [3.63, 3.8) is 0 Å². The Morgan fingerprint density at radius 2 is 1.48 bits per heavy atom. The molecule has 0 radical (unpaired) electrons. The van der Waals surface area contributed by atoms with Gasteiger partial charge in [-0.25, -0.2) is 0 Å². The quantitative estimate of drug-likeness (QED) is 0.659. The fourth-order valence-electron chi connectivity index (χ4n) is 2.50. The zero-order chi connectivity index (χ0) is 16.3. The molecule has 2 N–H and O–H groups in total. The van der Waals surface area contributed by atoms with Crippen molar-refractivity contribution < 1.29 is 14.9 Å². The number of rotatable bonds is 10. The lowest BCUT2D eigenvalue weighted by atomic mass is 10.0. The number of aliphatic hydroxyl groups excluding tert-OH is 2. The fourth-order valence-corrected chi connectivity index (χ4v) is 2.50. The van der Waals surface area contributed by atoms with Crippen molar-refractivity contribution in [3.8, 4) is 5.75 Å². The van der Waals surface area contributed by atoms with E-state index in [2.05, 4.69) is 24.3 Å². The summed E-state index contributed by atoms with van der Waals surface area (Å²) in [6.07, 6.45) is 3.99. The van der Waals surface area contributed by atoms with E-state index in [1.165, 1.54) is 11.1 Å². The van der Waals surface area contributed by atoms with Crippen LogP contribution in [0.3, 0.4) is 0 Å². The maximum Gasteiger partial charge on any atom is 0.119 e. The molecule has 0 bridgehead atoms. The normalized spacial score (nSPS) is 10.9. The average molecular weight is 314 g/mol. The highest BCUT2D eigenvalue weighted by Gasteiger charge is 2.05. The predicted molar refractivity (Wildman–Crippen MR) is 92.4 cm³/mol. The first kappa shape index (κ1) is 17.5. The number of unbranched alkanes of at least 4 members (excludes halogenated alkanes) is 1. The lowest BCUT2D eigenvalue weighted by Crippen LogP contribution is -2.10. The summed E-state index contributed by atoms with van der Waals surface area (Å²) < 4.78 is 5.78. The van der Waals surface area contributed by atoms with Gasteiger partial charge in [-0.1, -0.05) is 48.9 Å². The van der Waals surface area contributed by atoms with Crippen LogP contribution in [0, 0.1) is 5.92 Å². The molecule has 0 unspecified atom stereocenters. The number of hydrogen-bond acceptors (Lipinski definition) is 3. The Hall–Kier alpha value is -1.84. The van der Waals surface area contributed by atoms with Crippen LogP contribution in [-0.2, 0) is 13.0 Å². The molecule has 0 aliphatic rings. The summed E-state index contributed by atoms with van der Waals surface area (Å²) in [7, 11) is 0. The second-order valence-corrected chi connectivity index (χ2v) is 5.90. The Bertz CT molecular complexity index is 533. The molecule has 0 heterocycles. The molecular formula is C20H26O3. The topological polar surface area (TPSA) is 49.7 Å². The van der Waals surface area contributed by atoms with Gasteiger partial charge in [0.25, 0.3) is 0 Å². The van der Waals surface area contributed by atoms with Gasteiger partial charge >= 0.3 is 0 Å². The Kier molecular flexibility index (Phi) is 7.64. The summed E-state index contributed by atoms with van der Waals surface area (Å²) in [4.78, 5) is 0. The van der Waals surface area contributed by atoms with Gasteiger partial charge in [-0.05, 0) is 42.5 Å². The molecule has 0 saturated heterocycles. The van der Waals surface area contributed by atoms with Crippen molar-refractivity contribution in [2.75, 3.05) is 13.2 Å². The molecule has 0 saturated carbocycles. The second-order valence-electron chi connectivity index (χ2n) is 5.90. The van der Waals surface area contributed by atoms with E-state index in [4.69, 9.17) is 14.9 Å². The van der Waals surface area contributed by atoms with E-state index in [0.717, 1.165) is 31.4 Å². The molecule has 0 fully saturated rings. The van der Waals surface area contributed by atoms with E-state index in [9.17, 15) is 0 Å². The molecule has 0 atom stereocenters. The molecule has 0 spiro atoms. The minimum atomic E-state index is 0.0313. The SMILES string of the molecule is OCC(CO)CCCCc1ccc(OCc2ccccc2)cc1. The van der Waals surface area contributed by atoms with Crippen molar-refractivity contribution >= 4 is 0 Å². The maximum atomic E-state index is 9.03. The summed E-state index contributed by atoms with van der Waals surface area (Å²) in [5.41, 5.74) is 2.46. The highest BCUT2D eigenvalue weighted by molar-refractivity contribution is 5.27. The van der Waals surface area contributed by atoms with E-state index >= 15 is 0 Å². The monoisotopic (exact) mass is 314 g/mol. The maximum absolute atomic E-state index is 9.03. The standard InChI is InChI=1S/C20H26O3/c21-14-19(15-22)9-5-4-6-17-10-12-20(13-11-17)23-16-18-7-2-1-3-8-18/h1-3,7-8,10-13,19,21-22H,4-6,9,14-16H2. The van der Waals surface area contributed by atoms with Gasteiger partial charge in [0, 0.05) is 19.1 Å². The Labute approximate surface area is 138 Å². The smallest absolute Gasteiger partial charge is 0.119 e. The van der Waals surface area contributed by atoms with Crippen molar-refractivity contribution in [2.45, 2.75) is 32.3 Å². The van der Waals surface area contributed by atoms with Gasteiger partial charge in [0.2, 0.25) is 0 Å². The number of benzene rings is 2. The van der Waals surface area contributed by atoms with Crippen LogP contribution in [-0.4, -0.2) is 23.4 Å². The van der Waals surface area contributed by atoms with Gasteiger partial charge in [0.05, 0.1) is 0 Å². The van der Waals surface area contributed by atoms with Crippen LogP contribution in [0.15, 0.2) is 54.6 Å². The highest BCUT2D eigenvalue weighted by Crippen LogP contribution is 2.16. The van der Waals surface area contributed by atoms with Crippen molar-refractivity contribution in [1.29, 1.82) is 0 Å². The molecular weight excluding hydrogens is 288 g/mol. The average Bonchev–Trinajstić information content (AvgIpc) is 2.62. The minimum absolute atomic E-state index is 0.0313. The molecule has 0 aliphatic carbocycles. The third-order valence-corrected chi connectivity index (χ3v) is 4.02. The van der Waals surface area contributed by atoms with Crippen LogP contribution < -0.4 is 4.74 Å². The van der Waals surface area contributed by atoms with Crippen LogP contribution >= 0.6 is 0 Å². The van der Waals surface area contributed by atoms with Gasteiger partial charge < -0.3 is 14.9 Å². The summed E-state index contributed by atoms with van der Waals surface area (Å²) in [5.74, 6) is 0.919. The Morgan fingerprint density at radius 3 is 2.13 bits per heavy atom. The zero-order valence-electron chi connectivity index (χ0n) is 13.5. The third kappa shape index (κ3) is 6.43. The van der Waals surface area contributed by atoms with Crippen molar-refractivity contribution in [3.05, 3.63) is 65.7 Å². The molecule has 0 aromatic heterocycles. The van der Waals surface area contributed by atoms with E-state index in [1.807, 2.05) is 30.3 Å². The van der Waals surface area contributed by atoms with E-state index in [-0.39, 0.29) is 19.1 Å². The van der Waals surface area contributed by atoms with Crippen LogP contribution in [0.4, 0.5) is 0 Å². The Balaban J connectivity index is 1.70. The first-order valence-electron chi connectivity index (χ1n) is 8.29. The van der Waals surface area contributed by atoms with Crippen LogP contribution in [0.2, 0.25) is 0 Å². The van der Waals surface area contributed by atoms with Gasteiger partial charge in [-0.2, -0.15) is 0 Å². The Morgan fingerprint density at radius 1 is 0.783 bits per heavy atom. The predicted octanol–water partition coefficient (Wildman–Crippen LogP) is 3.58. The fraction of sp³-hybridized carbons (Fsp3) is 0.400. The molecule has 2 aromatic carbocycles. The van der Waals surface area contributed by atoms with Gasteiger partial charge in [0.15, 0.2) is 0 Å². The van der Waals surface area contributed by atoms with Crippen molar-refractivity contribution in [2.24, 2.45) is 5.92 Å². The first-order valence-corrected chi connectivity index (χ1v) is 8.29. The number of aryl methyl sites for hydroxylation is 1. The van der Waals surface area contributed by atoms with Crippen LogP contribution in [0.1, 0.15) is 30.4 Å². The van der Waals surface area contributed by atoms with Crippen LogP contribution in [0.5, 0.6) is 5.75 Å². The number of hydrogen-bond donors (Lipinski definition) is 2. The van der Waals surface area contributed by atoms with Gasteiger partial charge in [0.1, 0.15) is 12.4 Å². The molecule has 2 aromatic rings. The molecule has 3 nitrogen and oxygen atoms in total. The molecule has 124 valence electrons. The molecule has 2 rings (SSSR count). The number of aliphatic hydroxyl groups is 2. The number of ether oxygens (including phenoxy) is 1. The van der Waals surface area contributed by atoms with E-state index in [0.29, 0.717) is 6.61 Å². The minimum Gasteiger partial charge on any atom is -0.489 e. The first-order chi connectivity index (χ1) is 11.3. The summed E-state index contributed by atoms with van der Waals surface area (Å²) >= 11 is 0. The van der Waals surface area contributed by atoms with Gasteiger partial charge in [-0.3, -0.25) is 0 Å². The lowest BCUT2D eigenvalue weighted by molar-refractivity contribution is 0.142. The van der Waals surface area contributed by atoms with E-state index in [1.54, 1.807) is 0 Å². The third-order valence-electron chi connectivity index (χ3n) is 4.02.